The van der Waals surface area contributed by atoms with E-state index in [0.717, 1.165) is 6.20 Å². The van der Waals surface area contributed by atoms with Gasteiger partial charge in [-0.15, -0.1) is 0 Å². The first-order chi connectivity index (χ1) is 9.99. The fraction of sp³-hybridized carbons (Fsp3) is 0.636. The van der Waals surface area contributed by atoms with Crippen molar-refractivity contribution in [3.8, 4) is 0 Å². The Balaban J connectivity index is 2.34. The number of unbranched alkanes of at least 4 members (excludes halogenated alkanes) is 1. The number of sulfonamides is 1. The number of carboxylic acid groups (broad SMARTS) is 1. The van der Waals surface area contributed by atoms with Gasteiger partial charge < -0.3 is 14.6 Å². The molecule has 1 rings (SSSR count). The number of ether oxygens (including phenoxy) is 2. The number of methoxy groups -OCH3 is 1. The van der Waals surface area contributed by atoms with Gasteiger partial charge in [-0.1, -0.05) is 0 Å². The smallest absolute Gasteiger partial charge is 0.340 e. The van der Waals surface area contributed by atoms with Crippen molar-refractivity contribution in [2.24, 2.45) is 0 Å². The molecule has 0 saturated carbocycles. The molecule has 120 valence electrons. The van der Waals surface area contributed by atoms with E-state index in [1.807, 2.05) is 0 Å². The molecular formula is C11H19N3O6S. The molecule has 0 saturated heterocycles. The van der Waals surface area contributed by atoms with Crippen LogP contribution in [0.2, 0.25) is 0 Å². The number of nitrogens with zero attached hydrogens (tertiary/aromatic N) is 1. The van der Waals surface area contributed by atoms with Crippen LogP contribution in [-0.2, 0) is 19.5 Å². The van der Waals surface area contributed by atoms with Gasteiger partial charge in [0.05, 0.1) is 19.4 Å². The summed E-state index contributed by atoms with van der Waals surface area (Å²) in [6.07, 6.45) is 2.21. The lowest BCUT2D eigenvalue weighted by molar-refractivity contribution is 0.0689. The minimum Gasteiger partial charge on any atom is -0.478 e. The van der Waals surface area contributed by atoms with Crippen molar-refractivity contribution in [1.82, 2.24) is 14.9 Å². The van der Waals surface area contributed by atoms with Crippen molar-refractivity contribution >= 4 is 16.0 Å². The van der Waals surface area contributed by atoms with Gasteiger partial charge in [0, 0.05) is 20.3 Å². The van der Waals surface area contributed by atoms with Gasteiger partial charge in [-0.25, -0.2) is 17.9 Å². The summed E-state index contributed by atoms with van der Waals surface area (Å²) in [5.74, 6) is -1.35. The monoisotopic (exact) mass is 321 g/mol. The zero-order valence-electron chi connectivity index (χ0n) is 11.7. The fourth-order valence-corrected chi connectivity index (χ4v) is 2.64. The molecule has 0 aliphatic rings. The molecule has 0 radical (unpaired) electrons. The summed E-state index contributed by atoms with van der Waals surface area (Å²) in [5.41, 5.74) is -0.384. The second kappa shape index (κ2) is 8.72. The van der Waals surface area contributed by atoms with Crippen LogP contribution in [0.25, 0.3) is 0 Å². The second-order valence-corrected chi connectivity index (χ2v) is 5.83. The zero-order chi connectivity index (χ0) is 15.7. The molecule has 0 amide bonds. The number of carboxylic acids is 1. The molecule has 9 nitrogen and oxygen atoms in total. The molecule has 0 fully saturated rings. The van der Waals surface area contributed by atoms with E-state index < -0.39 is 21.0 Å². The highest BCUT2D eigenvalue weighted by molar-refractivity contribution is 7.89. The molecule has 1 heterocycles. The molecule has 1 aromatic heterocycles. The predicted octanol–water partition coefficient (Wildman–Crippen LogP) is -0.171. The van der Waals surface area contributed by atoms with Gasteiger partial charge in [-0.05, 0) is 12.8 Å². The molecule has 21 heavy (non-hydrogen) atoms. The highest BCUT2D eigenvalue weighted by Crippen LogP contribution is 2.11. The van der Waals surface area contributed by atoms with Gasteiger partial charge in [0.25, 0.3) is 10.0 Å². The number of rotatable bonds is 11. The van der Waals surface area contributed by atoms with Gasteiger partial charge in [0.1, 0.15) is 5.56 Å². The largest absolute Gasteiger partial charge is 0.478 e. The number of hydrogen-bond donors (Lipinski definition) is 3. The quantitative estimate of drug-likeness (QED) is 0.482. The summed E-state index contributed by atoms with van der Waals surface area (Å²) >= 11 is 0. The van der Waals surface area contributed by atoms with E-state index in [1.165, 1.54) is 0 Å². The number of H-pyrrole nitrogens is 1. The Morgan fingerprint density at radius 3 is 2.81 bits per heavy atom. The molecule has 3 N–H and O–H groups in total. The Morgan fingerprint density at radius 2 is 2.14 bits per heavy atom. The summed E-state index contributed by atoms with van der Waals surface area (Å²) in [6, 6.07) is 0. The maximum Gasteiger partial charge on any atom is 0.340 e. The van der Waals surface area contributed by atoms with Crippen molar-refractivity contribution in [3.63, 3.8) is 0 Å². The average Bonchev–Trinajstić information content (AvgIpc) is 2.92. The first-order valence-corrected chi connectivity index (χ1v) is 7.80. The van der Waals surface area contributed by atoms with Crippen molar-refractivity contribution in [1.29, 1.82) is 0 Å². The number of aromatic amines is 1. The molecule has 0 bridgehead atoms. The van der Waals surface area contributed by atoms with E-state index in [1.54, 1.807) is 7.11 Å². The SMILES string of the molecule is COCCOCCCCNS(=O)(=O)c1[nH]ncc1C(=O)O. The Morgan fingerprint density at radius 1 is 1.38 bits per heavy atom. The molecule has 0 aliphatic carbocycles. The Kier molecular flexibility index (Phi) is 7.29. The third-order valence-corrected chi connectivity index (χ3v) is 3.98. The molecule has 1 aromatic rings. The third kappa shape index (κ3) is 5.79. The van der Waals surface area contributed by atoms with Gasteiger partial charge in [-0.2, -0.15) is 5.10 Å². The first-order valence-electron chi connectivity index (χ1n) is 6.32. The number of aromatic carboxylic acids is 1. The normalized spacial score (nSPS) is 11.7. The van der Waals surface area contributed by atoms with Gasteiger partial charge in [0.2, 0.25) is 0 Å². The van der Waals surface area contributed by atoms with E-state index >= 15 is 0 Å². The summed E-state index contributed by atoms with van der Waals surface area (Å²) < 4.78 is 36.2. The lowest BCUT2D eigenvalue weighted by atomic mass is 10.3. The van der Waals surface area contributed by atoms with Crippen molar-refractivity contribution in [3.05, 3.63) is 11.8 Å². The van der Waals surface area contributed by atoms with Crippen LogP contribution in [0.4, 0.5) is 0 Å². The van der Waals surface area contributed by atoms with Gasteiger partial charge >= 0.3 is 5.97 Å². The van der Waals surface area contributed by atoms with E-state index in [4.69, 9.17) is 14.6 Å². The minimum absolute atomic E-state index is 0.189. The molecule has 0 atom stereocenters. The number of hydrogen-bond acceptors (Lipinski definition) is 6. The summed E-state index contributed by atoms with van der Waals surface area (Å²) in [4.78, 5) is 10.9. The Bertz CT molecular complexity index is 542. The molecule has 0 spiro atoms. The minimum atomic E-state index is -3.90. The van der Waals surface area contributed by atoms with E-state index in [2.05, 4.69) is 14.9 Å². The predicted molar refractivity (Wildman–Crippen MR) is 72.7 cm³/mol. The van der Waals surface area contributed by atoms with Crippen molar-refractivity contribution < 1.29 is 27.8 Å². The van der Waals surface area contributed by atoms with E-state index in [-0.39, 0.29) is 12.1 Å². The van der Waals surface area contributed by atoms with Crippen LogP contribution < -0.4 is 4.72 Å². The zero-order valence-corrected chi connectivity index (χ0v) is 12.5. The Hall–Kier alpha value is -1.49. The lowest BCUT2D eigenvalue weighted by Crippen LogP contribution is -2.26. The van der Waals surface area contributed by atoms with Gasteiger partial charge in [-0.3, -0.25) is 5.10 Å². The number of nitrogens with one attached hydrogen (secondary N) is 2. The Labute approximate surface area is 122 Å². The molecule has 10 heteroatoms. The third-order valence-electron chi connectivity index (χ3n) is 2.54. The second-order valence-electron chi connectivity index (χ2n) is 4.13. The van der Waals surface area contributed by atoms with Crippen LogP contribution >= 0.6 is 0 Å². The van der Waals surface area contributed by atoms with Crippen molar-refractivity contribution in [2.75, 3.05) is 33.5 Å². The number of aromatic nitrogens is 2. The van der Waals surface area contributed by atoms with Crippen LogP contribution in [0.3, 0.4) is 0 Å². The number of carbonyl (C=O) groups is 1. The molecule has 0 aromatic carbocycles. The van der Waals surface area contributed by atoms with Crippen LogP contribution in [0.5, 0.6) is 0 Å². The van der Waals surface area contributed by atoms with E-state index in [9.17, 15) is 13.2 Å². The maximum absolute atomic E-state index is 11.9. The summed E-state index contributed by atoms with van der Waals surface area (Å²) in [6.45, 7) is 1.71. The standard InChI is InChI=1S/C11H19N3O6S/c1-19-6-7-20-5-3-2-4-13-21(17,18)10-9(11(15)16)8-12-14-10/h8,13H,2-7H2,1H3,(H,12,14)(H,15,16). The lowest BCUT2D eigenvalue weighted by Gasteiger charge is -2.06. The molecular weight excluding hydrogens is 302 g/mol. The highest BCUT2D eigenvalue weighted by Gasteiger charge is 2.24. The molecule has 0 aliphatic heterocycles. The molecule has 0 unspecified atom stereocenters. The van der Waals surface area contributed by atoms with Gasteiger partial charge in [0.15, 0.2) is 5.03 Å². The van der Waals surface area contributed by atoms with Crippen LogP contribution in [0.15, 0.2) is 11.2 Å². The topological polar surface area (TPSA) is 131 Å². The first kappa shape index (κ1) is 17.6. The van der Waals surface area contributed by atoms with Crippen LogP contribution in [0.1, 0.15) is 23.2 Å². The average molecular weight is 321 g/mol. The van der Waals surface area contributed by atoms with Crippen molar-refractivity contribution in [2.45, 2.75) is 17.9 Å². The maximum atomic E-state index is 11.9. The summed E-state index contributed by atoms with van der Waals surface area (Å²) in [5, 5.41) is 14.0. The van der Waals surface area contributed by atoms with E-state index in [0.29, 0.717) is 32.7 Å². The van der Waals surface area contributed by atoms with Crippen LogP contribution in [-0.4, -0.2) is 63.2 Å². The summed E-state index contributed by atoms with van der Waals surface area (Å²) in [7, 11) is -2.32. The fourth-order valence-electron chi connectivity index (χ4n) is 1.48. The highest BCUT2D eigenvalue weighted by atomic mass is 32.2. The van der Waals surface area contributed by atoms with Crippen LogP contribution in [0, 0.1) is 0 Å².